The third-order valence-corrected chi connectivity index (χ3v) is 8.55. The molecule has 2 amide bonds. The lowest BCUT2D eigenvalue weighted by atomic mass is 9.83. The number of rotatable bonds is 5. The summed E-state index contributed by atoms with van der Waals surface area (Å²) in [5.41, 5.74) is 1.00. The minimum atomic E-state index is -0.759. The van der Waals surface area contributed by atoms with E-state index in [0.717, 1.165) is 42.5 Å². The Morgan fingerprint density at radius 1 is 1.18 bits per heavy atom. The normalized spacial score (nSPS) is 28.5. The van der Waals surface area contributed by atoms with Crippen LogP contribution in [0.15, 0.2) is 36.7 Å². The maximum absolute atomic E-state index is 13.8. The molecule has 3 fully saturated rings. The number of pyridine rings is 1. The second kappa shape index (κ2) is 9.70. The largest absolute Gasteiger partial charge is 0.388 e. The standard InChI is InChI=1S/C24H28ClN3O4S/c25-16-12-28(21-17(29)13-32-22(16)21)24(31)20(15-4-2-1-3-5-15)27-23(30)19-7-6-18(33-19)14-8-10-26-11-9-14/h6-11,15-17,20-22,29H,1-5,12-13H2,(H,27,30)/t16-,17-,20-,21+,22+/m0/s1. The van der Waals surface area contributed by atoms with Crippen LogP contribution in [-0.4, -0.2) is 69.6 Å². The molecule has 4 heterocycles. The molecule has 2 aromatic heterocycles. The highest BCUT2D eigenvalue weighted by atomic mass is 35.5. The van der Waals surface area contributed by atoms with Crippen molar-refractivity contribution in [3.63, 3.8) is 0 Å². The summed E-state index contributed by atoms with van der Waals surface area (Å²) in [5, 5.41) is 13.1. The van der Waals surface area contributed by atoms with Crippen LogP contribution < -0.4 is 5.32 Å². The summed E-state index contributed by atoms with van der Waals surface area (Å²) in [5.74, 6) is -0.336. The van der Waals surface area contributed by atoms with Crippen molar-refractivity contribution in [3.8, 4) is 10.4 Å². The summed E-state index contributed by atoms with van der Waals surface area (Å²) in [7, 11) is 0. The summed E-state index contributed by atoms with van der Waals surface area (Å²) in [4.78, 5) is 34.2. The maximum atomic E-state index is 13.8. The Bertz CT molecular complexity index is 997. The number of aliphatic hydroxyl groups excluding tert-OH is 1. The molecule has 0 spiro atoms. The highest BCUT2D eigenvalue weighted by Gasteiger charge is 2.53. The quantitative estimate of drug-likeness (QED) is 0.630. The highest BCUT2D eigenvalue weighted by molar-refractivity contribution is 7.17. The molecule has 9 heteroatoms. The van der Waals surface area contributed by atoms with Crippen LogP contribution in [0.2, 0.25) is 0 Å². The number of carbonyl (C=O) groups is 2. The van der Waals surface area contributed by atoms with Crippen LogP contribution in [0.4, 0.5) is 0 Å². The molecule has 7 nitrogen and oxygen atoms in total. The molecule has 2 saturated heterocycles. The van der Waals surface area contributed by atoms with Crippen LogP contribution >= 0.6 is 22.9 Å². The number of halogens is 1. The van der Waals surface area contributed by atoms with Crippen molar-refractivity contribution < 1.29 is 19.4 Å². The van der Waals surface area contributed by atoms with Gasteiger partial charge in [-0.2, -0.15) is 0 Å². The molecule has 0 bridgehead atoms. The van der Waals surface area contributed by atoms with Gasteiger partial charge in [0.2, 0.25) is 5.91 Å². The van der Waals surface area contributed by atoms with Gasteiger partial charge in [0.15, 0.2) is 0 Å². The van der Waals surface area contributed by atoms with Gasteiger partial charge in [-0.1, -0.05) is 19.3 Å². The molecule has 0 unspecified atom stereocenters. The summed E-state index contributed by atoms with van der Waals surface area (Å²) in [6.07, 6.45) is 7.36. The van der Waals surface area contributed by atoms with E-state index in [1.165, 1.54) is 11.3 Å². The van der Waals surface area contributed by atoms with Crippen molar-refractivity contribution in [1.82, 2.24) is 15.2 Å². The van der Waals surface area contributed by atoms with Crippen LogP contribution in [0.25, 0.3) is 10.4 Å². The molecule has 5 rings (SSSR count). The van der Waals surface area contributed by atoms with E-state index >= 15 is 0 Å². The number of nitrogens with zero attached hydrogens (tertiary/aromatic N) is 2. The number of likely N-dealkylation sites (tertiary alicyclic amines) is 1. The zero-order valence-corrected chi connectivity index (χ0v) is 19.8. The molecule has 5 atom stereocenters. The number of aromatic nitrogens is 1. The first-order valence-corrected chi connectivity index (χ1v) is 12.8. The Balaban J connectivity index is 1.36. The molecule has 2 aliphatic heterocycles. The molecule has 0 aromatic carbocycles. The van der Waals surface area contributed by atoms with Crippen LogP contribution in [0.1, 0.15) is 41.8 Å². The third-order valence-electron chi connectivity index (χ3n) is 7.03. The lowest BCUT2D eigenvalue weighted by Crippen LogP contribution is -2.55. The molecular weight excluding hydrogens is 462 g/mol. The number of carbonyl (C=O) groups excluding carboxylic acids is 2. The molecule has 3 aliphatic rings. The van der Waals surface area contributed by atoms with Gasteiger partial charge in [0.25, 0.3) is 5.91 Å². The molecule has 33 heavy (non-hydrogen) atoms. The SMILES string of the molecule is O=C(N[C@H](C(=O)N1C[C@H](Cl)[C@H]2OC[C@H](O)[C@H]21)C1CCCCC1)c1ccc(-c2ccncc2)s1. The molecule has 176 valence electrons. The summed E-state index contributed by atoms with van der Waals surface area (Å²) >= 11 is 7.85. The van der Waals surface area contributed by atoms with Gasteiger partial charge >= 0.3 is 0 Å². The van der Waals surface area contributed by atoms with E-state index in [4.69, 9.17) is 16.3 Å². The predicted octanol–water partition coefficient (Wildman–Crippen LogP) is 3.07. The maximum Gasteiger partial charge on any atom is 0.262 e. The first-order valence-electron chi connectivity index (χ1n) is 11.6. The average Bonchev–Trinajstić information content (AvgIpc) is 3.56. The monoisotopic (exact) mass is 489 g/mol. The first-order chi connectivity index (χ1) is 16.0. The highest BCUT2D eigenvalue weighted by Crippen LogP contribution is 2.35. The predicted molar refractivity (Wildman–Crippen MR) is 126 cm³/mol. The molecule has 1 saturated carbocycles. The average molecular weight is 490 g/mol. The molecular formula is C24H28ClN3O4S. The Morgan fingerprint density at radius 3 is 2.70 bits per heavy atom. The Kier molecular flexibility index (Phi) is 6.69. The Hall–Kier alpha value is -2.00. The number of hydrogen-bond acceptors (Lipinski definition) is 6. The van der Waals surface area contributed by atoms with Gasteiger partial charge in [-0.15, -0.1) is 22.9 Å². The fourth-order valence-electron chi connectivity index (χ4n) is 5.35. The topological polar surface area (TPSA) is 91.8 Å². The van der Waals surface area contributed by atoms with Crippen LogP contribution in [-0.2, 0) is 9.53 Å². The molecule has 1 aliphatic carbocycles. The zero-order chi connectivity index (χ0) is 22.9. The van der Waals surface area contributed by atoms with E-state index in [2.05, 4.69) is 10.3 Å². The number of aliphatic hydroxyl groups is 1. The van der Waals surface area contributed by atoms with Gasteiger partial charge in [-0.25, -0.2) is 0 Å². The third kappa shape index (κ3) is 4.54. The Labute approximate surface area is 202 Å². The smallest absolute Gasteiger partial charge is 0.262 e. The number of hydrogen-bond donors (Lipinski definition) is 2. The van der Waals surface area contributed by atoms with Gasteiger partial charge in [0.1, 0.15) is 12.1 Å². The van der Waals surface area contributed by atoms with Gasteiger partial charge in [-0.3, -0.25) is 14.6 Å². The van der Waals surface area contributed by atoms with Crippen LogP contribution in [0, 0.1) is 5.92 Å². The fraction of sp³-hybridized carbons (Fsp3) is 0.542. The second-order valence-electron chi connectivity index (χ2n) is 9.11. The van der Waals surface area contributed by atoms with Crippen molar-refractivity contribution in [1.29, 1.82) is 0 Å². The van der Waals surface area contributed by atoms with E-state index in [0.29, 0.717) is 11.4 Å². The summed E-state index contributed by atoms with van der Waals surface area (Å²) in [6.45, 7) is 0.493. The summed E-state index contributed by atoms with van der Waals surface area (Å²) < 4.78 is 5.64. The zero-order valence-electron chi connectivity index (χ0n) is 18.2. The molecule has 2 N–H and O–H groups in total. The number of thiophene rings is 1. The Morgan fingerprint density at radius 2 is 1.94 bits per heavy atom. The lowest BCUT2D eigenvalue weighted by molar-refractivity contribution is -0.137. The number of ether oxygens (including phenoxy) is 1. The van der Waals surface area contributed by atoms with Gasteiger partial charge < -0.3 is 20.1 Å². The number of amides is 2. The van der Waals surface area contributed by atoms with E-state index in [1.54, 1.807) is 23.4 Å². The van der Waals surface area contributed by atoms with Gasteiger partial charge in [-0.05, 0) is 48.6 Å². The van der Waals surface area contributed by atoms with Crippen molar-refractivity contribution >= 4 is 34.8 Å². The van der Waals surface area contributed by atoms with E-state index in [9.17, 15) is 14.7 Å². The number of nitrogens with one attached hydrogen (secondary N) is 1. The second-order valence-corrected chi connectivity index (χ2v) is 10.8. The van der Waals surface area contributed by atoms with E-state index < -0.39 is 18.2 Å². The minimum absolute atomic E-state index is 0.0714. The fourth-order valence-corrected chi connectivity index (χ4v) is 6.64. The van der Waals surface area contributed by atoms with Crippen LogP contribution in [0.5, 0.6) is 0 Å². The van der Waals surface area contributed by atoms with Crippen molar-refractivity contribution in [2.45, 2.75) is 61.8 Å². The van der Waals surface area contributed by atoms with E-state index in [-0.39, 0.29) is 35.8 Å². The molecule has 0 radical (unpaired) electrons. The van der Waals surface area contributed by atoms with Crippen LogP contribution in [0.3, 0.4) is 0 Å². The number of alkyl halides is 1. The number of fused-ring (bicyclic) bond motifs is 1. The van der Waals surface area contributed by atoms with Crippen molar-refractivity contribution in [2.75, 3.05) is 13.2 Å². The summed E-state index contributed by atoms with van der Waals surface area (Å²) in [6, 6.07) is 6.43. The lowest BCUT2D eigenvalue weighted by Gasteiger charge is -2.35. The van der Waals surface area contributed by atoms with Gasteiger partial charge in [0.05, 0.1) is 29.0 Å². The van der Waals surface area contributed by atoms with Gasteiger partial charge in [0, 0.05) is 23.8 Å². The minimum Gasteiger partial charge on any atom is -0.388 e. The first kappa shape index (κ1) is 22.8. The molecule has 2 aromatic rings. The van der Waals surface area contributed by atoms with Crippen molar-refractivity contribution in [2.24, 2.45) is 5.92 Å². The van der Waals surface area contributed by atoms with Crippen molar-refractivity contribution in [3.05, 3.63) is 41.5 Å². The van der Waals surface area contributed by atoms with E-state index in [1.807, 2.05) is 18.2 Å².